The number of alkyl halides is 3. The Morgan fingerprint density at radius 2 is 2.09 bits per heavy atom. The Balaban J connectivity index is 0.00000264. The van der Waals surface area contributed by atoms with Gasteiger partial charge in [0.15, 0.2) is 0 Å². The molecule has 1 aliphatic rings. The second kappa shape index (κ2) is 7.49. The van der Waals surface area contributed by atoms with Crippen molar-refractivity contribution in [2.24, 2.45) is 5.92 Å². The third-order valence-corrected chi connectivity index (χ3v) is 4.87. The van der Waals surface area contributed by atoms with Gasteiger partial charge in [-0.25, -0.2) is 13.1 Å². The van der Waals surface area contributed by atoms with Gasteiger partial charge >= 0.3 is 6.18 Å². The van der Waals surface area contributed by atoms with Gasteiger partial charge in [0, 0.05) is 6.54 Å². The van der Waals surface area contributed by atoms with Gasteiger partial charge in [0.25, 0.3) is 0 Å². The summed E-state index contributed by atoms with van der Waals surface area (Å²) in [6.45, 7) is 1.71. The van der Waals surface area contributed by atoms with Crippen LogP contribution in [0.1, 0.15) is 17.5 Å². The molecule has 2 N–H and O–H groups in total. The van der Waals surface area contributed by atoms with Gasteiger partial charge in [0.1, 0.15) is 0 Å². The molecule has 0 aromatic heterocycles. The van der Waals surface area contributed by atoms with Crippen LogP contribution in [-0.4, -0.2) is 28.1 Å². The van der Waals surface area contributed by atoms with E-state index < -0.39 is 27.3 Å². The monoisotopic (exact) mass is 369 g/mol. The van der Waals surface area contributed by atoms with Crippen molar-refractivity contribution < 1.29 is 21.6 Å². The summed E-state index contributed by atoms with van der Waals surface area (Å²) in [7, 11) is -3.94. The molecule has 0 saturated carbocycles. The van der Waals surface area contributed by atoms with E-state index >= 15 is 0 Å². The van der Waals surface area contributed by atoms with E-state index in [0.717, 1.165) is 25.1 Å². The van der Waals surface area contributed by atoms with Crippen molar-refractivity contribution in [3.05, 3.63) is 29.3 Å². The van der Waals surface area contributed by atoms with Crippen LogP contribution in [0.3, 0.4) is 0 Å². The van der Waals surface area contributed by atoms with Gasteiger partial charge in [0.2, 0.25) is 10.0 Å². The molecule has 1 atom stereocenters. The third-order valence-electron chi connectivity index (χ3n) is 3.45. The number of sulfonamides is 1. The lowest BCUT2D eigenvalue weighted by Gasteiger charge is -2.13. The van der Waals surface area contributed by atoms with Crippen molar-refractivity contribution in [1.29, 1.82) is 5.26 Å². The lowest BCUT2D eigenvalue weighted by atomic mass is 10.1. The molecule has 23 heavy (non-hydrogen) atoms. The molecule has 10 heteroatoms. The molecule has 128 valence electrons. The van der Waals surface area contributed by atoms with Crippen LogP contribution in [0.15, 0.2) is 23.1 Å². The largest absolute Gasteiger partial charge is 0.417 e. The molecule has 0 bridgehead atoms. The quantitative estimate of drug-likeness (QED) is 0.849. The molecule has 2 rings (SSSR count). The minimum atomic E-state index is -4.70. The van der Waals surface area contributed by atoms with Crippen molar-refractivity contribution in [3.63, 3.8) is 0 Å². The highest BCUT2D eigenvalue weighted by Crippen LogP contribution is 2.32. The van der Waals surface area contributed by atoms with Gasteiger partial charge in [0.05, 0.1) is 22.1 Å². The zero-order valence-corrected chi connectivity index (χ0v) is 13.5. The summed E-state index contributed by atoms with van der Waals surface area (Å²) < 4.78 is 64.6. The number of benzene rings is 1. The van der Waals surface area contributed by atoms with Crippen molar-refractivity contribution in [2.75, 3.05) is 19.6 Å². The lowest BCUT2D eigenvalue weighted by molar-refractivity contribution is -0.137. The maximum atomic E-state index is 12.7. The van der Waals surface area contributed by atoms with Crippen LogP contribution < -0.4 is 10.0 Å². The molecule has 0 spiro atoms. The van der Waals surface area contributed by atoms with Crippen LogP contribution in [0.25, 0.3) is 0 Å². The molecule has 1 aromatic carbocycles. The molecule has 0 radical (unpaired) electrons. The molecule has 1 fully saturated rings. The minimum Gasteiger partial charge on any atom is -0.316 e. The minimum absolute atomic E-state index is 0. The van der Waals surface area contributed by atoms with Crippen molar-refractivity contribution in [1.82, 2.24) is 10.0 Å². The summed E-state index contributed by atoms with van der Waals surface area (Å²) in [6.07, 6.45) is -3.87. The standard InChI is InChI=1S/C13H14F3N3O2S.ClH/c14-13(15,16)12-2-1-11(5-10(12)6-17)22(20,21)19-8-9-3-4-18-7-9;/h1-2,5,9,18-19H,3-4,7-8H2;1H. The van der Waals surface area contributed by atoms with E-state index in [2.05, 4.69) is 10.0 Å². The van der Waals surface area contributed by atoms with Gasteiger partial charge in [-0.15, -0.1) is 12.4 Å². The van der Waals surface area contributed by atoms with E-state index in [1.54, 1.807) is 0 Å². The number of halogens is 4. The van der Waals surface area contributed by atoms with Gasteiger partial charge in [-0.05, 0) is 43.6 Å². The molecular formula is C13H15ClF3N3O2S. The first-order valence-corrected chi connectivity index (χ1v) is 8.04. The Morgan fingerprint density at radius 3 is 2.61 bits per heavy atom. The predicted octanol–water partition coefficient (Wildman–Crippen LogP) is 1.89. The summed E-state index contributed by atoms with van der Waals surface area (Å²) in [5, 5.41) is 11.9. The Bertz CT molecular complexity index is 695. The van der Waals surface area contributed by atoms with Gasteiger partial charge < -0.3 is 5.32 Å². The van der Waals surface area contributed by atoms with Crippen LogP contribution >= 0.6 is 12.4 Å². The average molecular weight is 370 g/mol. The molecule has 1 aromatic rings. The van der Waals surface area contributed by atoms with Gasteiger partial charge in [-0.1, -0.05) is 0 Å². The molecule has 1 unspecified atom stereocenters. The Kier molecular flexibility index (Phi) is 6.41. The molecule has 0 aliphatic carbocycles. The van der Waals surface area contributed by atoms with Crippen molar-refractivity contribution in [2.45, 2.75) is 17.5 Å². The number of nitrogens with zero attached hydrogens (tertiary/aromatic N) is 1. The Morgan fingerprint density at radius 1 is 1.39 bits per heavy atom. The summed E-state index contributed by atoms with van der Waals surface area (Å²) in [4.78, 5) is -0.344. The fourth-order valence-corrected chi connectivity index (χ4v) is 3.37. The highest BCUT2D eigenvalue weighted by atomic mass is 35.5. The van der Waals surface area contributed by atoms with E-state index in [9.17, 15) is 21.6 Å². The fourth-order valence-electron chi connectivity index (χ4n) is 2.23. The molecule has 1 saturated heterocycles. The molecule has 0 amide bonds. The van der Waals surface area contributed by atoms with Crippen molar-refractivity contribution >= 4 is 22.4 Å². The maximum absolute atomic E-state index is 12.7. The first-order valence-electron chi connectivity index (χ1n) is 6.56. The number of hydrogen-bond acceptors (Lipinski definition) is 4. The molecular weight excluding hydrogens is 355 g/mol. The highest BCUT2D eigenvalue weighted by Gasteiger charge is 2.34. The van der Waals surface area contributed by atoms with E-state index in [4.69, 9.17) is 5.26 Å². The van der Waals surface area contributed by atoms with E-state index in [-0.39, 0.29) is 29.8 Å². The summed E-state index contributed by atoms with van der Waals surface area (Å²) in [5.41, 5.74) is -1.85. The third kappa shape index (κ3) is 4.81. The van der Waals surface area contributed by atoms with E-state index in [0.29, 0.717) is 12.6 Å². The Hall–Kier alpha value is -1.34. The van der Waals surface area contributed by atoms with Crippen molar-refractivity contribution in [3.8, 4) is 6.07 Å². The van der Waals surface area contributed by atoms with Gasteiger partial charge in [-0.2, -0.15) is 18.4 Å². The average Bonchev–Trinajstić information content (AvgIpc) is 2.97. The predicted molar refractivity (Wildman–Crippen MR) is 79.6 cm³/mol. The van der Waals surface area contributed by atoms with Crippen LogP contribution in [0, 0.1) is 17.2 Å². The van der Waals surface area contributed by atoms with Crippen LogP contribution in [0.4, 0.5) is 13.2 Å². The lowest BCUT2D eigenvalue weighted by Crippen LogP contribution is -2.30. The molecule has 1 aliphatic heterocycles. The Labute approximate surface area is 138 Å². The summed E-state index contributed by atoms with van der Waals surface area (Å²) >= 11 is 0. The SMILES string of the molecule is Cl.N#Cc1cc(S(=O)(=O)NCC2CCNC2)ccc1C(F)(F)F. The summed E-state index contributed by atoms with van der Waals surface area (Å²) in [6, 6.07) is 3.61. The first kappa shape index (κ1) is 19.7. The summed E-state index contributed by atoms with van der Waals surface area (Å²) in [5.74, 6) is 0.152. The molecule has 1 heterocycles. The normalized spacial score (nSPS) is 18.3. The number of rotatable bonds is 4. The number of nitrogens with one attached hydrogen (secondary N) is 2. The fraction of sp³-hybridized carbons (Fsp3) is 0.462. The number of nitriles is 1. The zero-order chi connectivity index (χ0) is 16.4. The van der Waals surface area contributed by atoms with E-state index in [1.165, 1.54) is 6.07 Å². The number of hydrogen-bond donors (Lipinski definition) is 2. The maximum Gasteiger partial charge on any atom is 0.417 e. The second-order valence-corrected chi connectivity index (χ2v) is 6.79. The second-order valence-electron chi connectivity index (χ2n) is 5.03. The van der Waals surface area contributed by atoms with E-state index in [1.807, 2.05) is 0 Å². The zero-order valence-electron chi connectivity index (χ0n) is 11.9. The van der Waals surface area contributed by atoms with Gasteiger partial charge in [-0.3, -0.25) is 0 Å². The van der Waals surface area contributed by atoms with Crippen LogP contribution in [-0.2, 0) is 16.2 Å². The smallest absolute Gasteiger partial charge is 0.316 e. The first-order chi connectivity index (χ1) is 10.2. The van der Waals surface area contributed by atoms with Crippen LogP contribution in [0.5, 0.6) is 0 Å². The highest BCUT2D eigenvalue weighted by molar-refractivity contribution is 7.89. The van der Waals surface area contributed by atoms with Crippen LogP contribution in [0.2, 0.25) is 0 Å². The molecule has 5 nitrogen and oxygen atoms in total. The topological polar surface area (TPSA) is 82.0 Å².